The first kappa shape index (κ1) is 32.6. The Kier molecular flexibility index (Phi) is 9.39. The van der Waals surface area contributed by atoms with Gasteiger partial charge in [0.05, 0.1) is 23.2 Å². The van der Waals surface area contributed by atoms with Gasteiger partial charge in [-0.25, -0.2) is 19.6 Å². The van der Waals surface area contributed by atoms with E-state index in [0.29, 0.717) is 29.9 Å². The number of aliphatic carboxylic acids is 1. The Morgan fingerprint density at radius 1 is 1.11 bits per heavy atom. The van der Waals surface area contributed by atoms with Crippen molar-refractivity contribution in [3.05, 3.63) is 42.9 Å². The second-order valence-corrected chi connectivity index (χ2v) is 11.4. The Hall–Kier alpha value is -4.82. The van der Waals surface area contributed by atoms with Crippen LogP contribution in [0.3, 0.4) is 0 Å². The topological polar surface area (TPSA) is 215 Å². The quantitative estimate of drug-likeness (QED) is 0.276. The van der Waals surface area contributed by atoms with Gasteiger partial charge in [0.25, 0.3) is 0 Å². The maximum absolute atomic E-state index is 13.8. The average Bonchev–Trinajstić information content (AvgIpc) is 3.49. The van der Waals surface area contributed by atoms with Crippen molar-refractivity contribution >= 4 is 40.4 Å². The van der Waals surface area contributed by atoms with Crippen LogP contribution in [0.4, 0.5) is 16.3 Å². The molecule has 4 N–H and O–H groups in total. The van der Waals surface area contributed by atoms with Gasteiger partial charge >= 0.3 is 12.0 Å². The number of ether oxygens (including phenoxy) is 2. The van der Waals surface area contributed by atoms with Gasteiger partial charge in [-0.05, 0) is 30.5 Å². The van der Waals surface area contributed by atoms with Crippen LogP contribution in [0.1, 0.15) is 19.8 Å². The molecule has 0 saturated carbocycles. The Morgan fingerprint density at radius 2 is 1.85 bits per heavy atom. The molecule has 0 bridgehead atoms. The third kappa shape index (κ3) is 6.05. The number of piperidine rings is 1. The van der Waals surface area contributed by atoms with E-state index in [0.717, 1.165) is 6.42 Å². The number of aromatic nitrogens is 3. The van der Waals surface area contributed by atoms with Gasteiger partial charge in [0.2, 0.25) is 12.2 Å². The highest BCUT2D eigenvalue weighted by molar-refractivity contribution is 6.01. The van der Waals surface area contributed by atoms with E-state index in [2.05, 4.69) is 16.9 Å². The predicted molar refractivity (Wildman–Crippen MR) is 161 cm³/mol. The van der Waals surface area contributed by atoms with Gasteiger partial charge in [0, 0.05) is 33.4 Å². The summed E-state index contributed by atoms with van der Waals surface area (Å²) >= 11 is 0. The van der Waals surface area contributed by atoms with E-state index >= 15 is 0 Å². The van der Waals surface area contributed by atoms with Crippen LogP contribution in [-0.2, 0) is 14.3 Å². The minimum absolute atomic E-state index is 0.0309. The molecule has 1 unspecified atom stereocenters. The van der Waals surface area contributed by atoms with Crippen molar-refractivity contribution in [1.82, 2.24) is 19.4 Å². The van der Waals surface area contributed by atoms with E-state index in [1.807, 2.05) is 18.0 Å². The SMILES string of the molecule is C[C@@H]1CCN(C(=O)CC#N)CC1N(C)c1ncnc2c1ccn2C(=O)N(C)c1ccccc1O[C@@H]1O[C@H](C(=O)O)[C@@H](O)[C@H](O)[C@H]1O. The first-order valence-corrected chi connectivity index (χ1v) is 14.6. The first-order valence-electron chi connectivity index (χ1n) is 14.6. The molecule has 16 nitrogen and oxygen atoms in total. The zero-order chi connectivity index (χ0) is 33.3. The van der Waals surface area contributed by atoms with Gasteiger partial charge < -0.3 is 39.7 Å². The lowest BCUT2D eigenvalue weighted by atomic mass is 9.92. The maximum Gasteiger partial charge on any atom is 0.335 e. The number of para-hydroxylation sites is 2. The number of nitrogens with zero attached hydrogens (tertiary/aromatic N) is 7. The molecule has 1 aromatic carbocycles. The number of amides is 2. The van der Waals surface area contributed by atoms with Crippen LogP contribution >= 0.6 is 0 Å². The number of carboxylic acid groups (broad SMARTS) is 1. The van der Waals surface area contributed by atoms with Gasteiger partial charge in [-0.15, -0.1) is 0 Å². The number of carbonyl (C=O) groups excluding carboxylic acids is 2. The zero-order valence-corrected chi connectivity index (χ0v) is 25.4. The molecule has 2 aliphatic rings. The summed E-state index contributed by atoms with van der Waals surface area (Å²) in [7, 11) is 3.35. The Bertz CT molecular complexity index is 1660. The third-order valence-corrected chi connectivity index (χ3v) is 8.57. The highest BCUT2D eigenvalue weighted by Gasteiger charge is 2.48. The lowest BCUT2D eigenvalue weighted by Crippen LogP contribution is -2.61. The van der Waals surface area contributed by atoms with Crippen molar-refractivity contribution in [3.8, 4) is 11.8 Å². The van der Waals surface area contributed by atoms with Crippen LogP contribution in [0.5, 0.6) is 5.75 Å². The second-order valence-electron chi connectivity index (χ2n) is 11.4. The highest BCUT2D eigenvalue weighted by Crippen LogP contribution is 2.34. The molecule has 2 saturated heterocycles. The standard InChI is InChI=1S/C30H35N7O9/c1-16-9-12-36(21(38)8-11-31)14-19(16)34(2)26-17-10-13-37(27(17)33-15-32-26)30(44)35(3)18-6-4-5-7-20(18)45-29-24(41)22(39)23(40)25(46-29)28(42)43/h4-7,10,13,15-16,19,22-25,29,39-41H,8-9,12,14H2,1-3H3,(H,42,43)/t16-,19?,22+,23+,24-,25+,29-/m1/s1. The summed E-state index contributed by atoms with van der Waals surface area (Å²) in [6.45, 7) is 3.09. The van der Waals surface area contributed by atoms with Crippen LogP contribution < -0.4 is 14.5 Å². The number of fused-ring (bicyclic) bond motifs is 1. The van der Waals surface area contributed by atoms with E-state index in [-0.39, 0.29) is 35.7 Å². The van der Waals surface area contributed by atoms with E-state index in [4.69, 9.17) is 14.7 Å². The van der Waals surface area contributed by atoms with Crippen LogP contribution in [0, 0.1) is 17.2 Å². The fourth-order valence-electron chi connectivity index (χ4n) is 5.86. The third-order valence-electron chi connectivity index (χ3n) is 8.57. The first-order chi connectivity index (χ1) is 21.9. The number of hydrogen-bond donors (Lipinski definition) is 4. The Balaban J connectivity index is 1.39. The molecule has 2 aromatic heterocycles. The number of carboxylic acids is 1. The lowest BCUT2D eigenvalue weighted by Gasteiger charge is -2.42. The van der Waals surface area contributed by atoms with E-state index in [9.17, 15) is 34.8 Å². The number of hydrogen-bond acceptors (Lipinski definition) is 12. The molecule has 2 fully saturated rings. The minimum Gasteiger partial charge on any atom is -0.479 e. The van der Waals surface area contributed by atoms with Crippen LogP contribution in [0.15, 0.2) is 42.9 Å². The van der Waals surface area contributed by atoms with E-state index in [1.54, 1.807) is 35.4 Å². The van der Waals surface area contributed by atoms with Gasteiger partial charge in [0.1, 0.15) is 42.6 Å². The number of aliphatic hydroxyl groups is 3. The molecule has 5 rings (SSSR count). The summed E-state index contributed by atoms with van der Waals surface area (Å²) in [6.07, 6.45) is -5.58. The van der Waals surface area contributed by atoms with Crippen molar-refractivity contribution in [2.45, 2.75) is 56.5 Å². The number of rotatable bonds is 7. The number of carbonyl (C=O) groups is 3. The Labute approximate surface area is 263 Å². The van der Waals surface area contributed by atoms with Crippen LogP contribution in [0.25, 0.3) is 11.0 Å². The fraction of sp³-hybridized carbons (Fsp3) is 0.467. The number of nitriles is 1. The number of likely N-dealkylation sites (N-methyl/N-ethyl adjacent to an activating group) is 1. The molecule has 16 heteroatoms. The molecule has 4 heterocycles. The van der Waals surface area contributed by atoms with Crippen LogP contribution in [0.2, 0.25) is 0 Å². The molecule has 0 radical (unpaired) electrons. The summed E-state index contributed by atoms with van der Waals surface area (Å²) in [6, 6.07) is 9.26. The van der Waals surface area contributed by atoms with Gasteiger partial charge in [-0.2, -0.15) is 5.26 Å². The highest BCUT2D eigenvalue weighted by atomic mass is 16.7. The van der Waals surface area contributed by atoms with E-state index in [1.165, 1.54) is 28.9 Å². The molecule has 0 aliphatic carbocycles. The summed E-state index contributed by atoms with van der Waals surface area (Å²) in [4.78, 5) is 51.6. The van der Waals surface area contributed by atoms with Crippen molar-refractivity contribution in [2.75, 3.05) is 37.0 Å². The van der Waals surface area contributed by atoms with Gasteiger partial charge in [0.15, 0.2) is 11.8 Å². The lowest BCUT2D eigenvalue weighted by molar-refractivity contribution is -0.271. The van der Waals surface area contributed by atoms with Crippen molar-refractivity contribution in [2.24, 2.45) is 5.92 Å². The molecule has 46 heavy (non-hydrogen) atoms. The second kappa shape index (κ2) is 13.3. The fourth-order valence-corrected chi connectivity index (χ4v) is 5.86. The normalized spacial score (nSPS) is 26.3. The summed E-state index contributed by atoms with van der Waals surface area (Å²) in [5.74, 6) is -0.962. The molecule has 3 aromatic rings. The van der Waals surface area contributed by atoms with Crippen molar-refractivity contribution in [1.29, 1.82) is 5.26 Å². The summed E-state index contributed by atoms with van der Waals surface area (Å²) in [5, 5.41) is 49.6. The molecule has 2 aliphatic heterocycles. The molecule has 244 valence electrons. The maximum atomic E-state index is 13.8. The predicted octanol–water partition coefficient (Wildman–Crippen LogP) is 0.394. The van der Waals surface area contributed by atoms with E-state index < -0.39 is 42.7 Å². The van der Waals surface area contributed by atoms with Gasteiger partial charge in [-0.1, -0.05) is 19.1 Å². The number of likely N-dealkylation sites (tertiary alicyclic amines) is 1. The van der Waals surface area contributed by atoms with Gasteiger partial charge in [-0.3, -0.25) is 14.3 Å². The molecular weight excluding hydrogens is 602 g/mol. The Morgan fingerprint density at radius 3 is 2.57 bits per heavy atom. The number of benzene rings is 1. The molecular formula is C30H35N7O9. The smallest absolute Gasteiger partial charge is 0.335 e. The zero-order valence-electron chi connectivity index (χ0n) is 25.4. The molecule has 2 amide bonds. The summed E-state index contributed by atoms with van der Waals surface area (Å²) < 4.78 is 12.3. The van der Waals surface area contributed by atoms with Crippen LogP contribution in [-0.4, -0.2) is 122 Å². The molecule has 7 atom stereocenters. The van der Waals surface area contributed by atoms with Crippen molar-refractivity contribution < 1.29 is 44.3 Å². The number of anilines is 2. The van der Waals surface area contributed by atoms with Crippen molar-refractivity contribution in [3.63, 3.8) is 0 Å². The summed E-state index contributed by atoms with van der Waals surface area (Å²) in [5.41, 5.74) is 0.544. The average molecular weight is 638 g/mol. The molecule has 0 spiro atoms. The minimum atomic E-state index is -1.88. The number of aliphatic hydroxyl groups excluding tert-OH is 3. The monoisotopic (exact) mass is 637 g/mol. The largest absolute Gasteiger partial charge is 0.479 e.